The molecule has 7 heteroatoms. The van der Waals surface area contributed by atoms with Crippen molar-refractivity contribution in [1.29, 1.82) is 0 Å². The molecule has 1 aromatic rings. The Balaban J connectivity index is 1.62. The SMILES string of the molecule is C[C@H]1COc2ccccc2CCCCC2(CCN(C(=O)CCCC(=O)O)CC2)C(=O)N1. The first-order chi connectivity index (χ1) is 14.9. The van der Waals surface area contributed by atoms with Crippen molar-refractivity contribution in [3.63, 3.8) is 0 Å². The van der Waals surface area contributed by atoms with Crippen molar-refractivity contribution in [3.05, 3.63) is 29.8 Å². The molecule has 0 bridgehead atoms. The molecule has 1 atom stereocenters. The summed E-state index contributed by atoms with van der Waals surface area (Å²) in [5.74, 6) is 0.0723. The molecule has 31 heavy (non-hydrogen) atoms. The number of hydrogen-bond acceptors (Lipinski definition) is 4. The largest absolute Gasteiger partial charge is 0.491 e. The molecule has 170 valence electrons. The molecule has 1 fully saturated rings. The third kappa shape index (κ3) is 6.21. The molecule has 0 aliphatic carbocycles. The molecule has 2 N–H and O–H groups in total. The number of rotatable bonds is 4. The standard InChI is InChI=1S/C24H34N2O5/c1-18-17-31-20-9-3-2-7-19(20)8-4-5-12-24(23(30)25-18)13-15-26(16-14-24)21(27)10-6-11-22(28)29/h2-3,7,9,18H,4-6,8,10-17H2,1H3,(H,25,30)(H,28,29)/t18-/m0/s1. The van der Waals surface area contributed by atoms with Crippen molar-refractivity contribution in [1.82, 2.24) is 10.2 Å². The van der Waals surface area contributed by atoms with Gasteiger partial charge in [-0.3, -0.25) is 14.4 Å². The molecule has 2 aliphatic rings. The first-order valence-electron chi connectivity index (χ1n) is 11.4. The van der Waals surface area contributed by atoms with E-state index in [0.717, 1.165) is 31.4 Å². The zero-order chi connectivity index (χ0) is 22.3. The Bertz CT molecular complexity index is 786. The summed E-state index contributed by atoms with van der Waals surface area (Å²) in [5.41, 5.74) is 0.752. The van der Waals surface area contributed by atoms with Crippen LogP contribution < -0.4 is 10.1 Å². The van der Waals surface area contributed by atoms with Gasteiger partial charge < -0.3 is 20.1 Å². The van der Waals surface area contributed by atoms with Gasteiger partial charge in [0, 0.05) is 25.9 Å². The third-order valence-electron chi connectivity index (χ3n) is 6.53. The fourth-order valence-electron chi connectivity index (χ4n) is 4.59. The Hall–Kier alpha value is -2.57. The number of aryl methyl sites for hydroxylation is 1. The topological polar surface area (TPSA) is 95.9 Å². The third-order valence-corrected chi connectivity index (χ3v) is 6.53. The van der Waals surface area contributed by atoms with Gasteiger partial charge in [-0.15, -0.1) is 0 Å². The van der Waals surface area contributed by atoms with Crippen LogP contribution in [-0.2, 0) is 20.8 Å². The fourth-order valence-corrected chi connectivity index (χ4v) is 4.59. The van der Waals surface area contributed by atoms with Gasteiger partial charge in [-0.05, 0) is 57.1 Å². The summed E-state index contributed by atoms with van der Waals surface area (Å²) >= 11 is 0. The first-order valence-corrected chi connectivity index (χ1v) is 11.4. The van der Waals surface area contributed by atoms with Crippen molar-refractivity contribution in [3.8, 4) is 5.75 Å². The van der Waals surface area contributed by atoms with E-state index in [1.165, 1.54) is 5.56 Å². The highest BCUT2D eigenvalue weighted by molar-refractivity contribution is 5.84. The van der Waals surface area contributed by atoms with E-state index in [9.17, 15) is 14.4 Å². The molecule has 2 aliphatic heterocycles. The van der Waals surface area contributed by atoms with Crippen molar-refractivity contribution < 1.29 is 24.2 Å². The molecule has 0 radical (unpaired) electrons. The quantitative estimate of drug-likeness (QED) is 0.765. The summed E-state index contributed by atoms with van der Waals surface area (Å²) in [5, 5.41) is 11.9. The highest BCUT2D eigenvalue weighted by Gasteiger charge is 2.42. The van der Waals surface area contributed by atoms with Gasteiger partial charge in [0.25, 0.3) is 0 Å². The number of fused-ring (bicyclic) bond motifs is 1. The number of carbonyl (C=O) groups is 3. The number of nitrogens with one attached hydrogen (secondary N) is 1. The molecular weight excluding hydrogens is 396 g/mol. The van der Waals surface area contributed by atoms with E-state index in [2.05, 4.69) is 11.4 Å². The summed E-state index contributed by atoms with van der Waals surface area (Å²) in [7, 11) is 0. The number of hydrogen-bond donors (Lipinski definition) is 2. The zero-order valence-electron chi connectivity index (χ0n) is 18.4. The second-order valence-corrected chi connectivity index (χ2v) is 8.91. The Morgan fingerprint density at radius 2 is 1.90 bits per heavy atom. The minimum absolute atomic E-state index is 0.00894. The number of benzene rings is 1. The molecule has 0 saturated carbocycles. The monoisotopic (exact) mass is 430 g/mol. The maximum Gasteiger partial charge on any atom is 0.303 e. The predicted molar refractivity (Wildman–Crippen MR) is 117 cm³/mol. The molecule has 3 rings (SSSR count). The van der Waals surface area contributed by atoms with E-state index in [0.29, 0.717) is 39.0 Å². The van der Waals surface area contributed by atoms with Gasteiger partial charge in [-0.25, -0.2) is 0 Å². The van der Waals surface area contributed by atoms with Gasteiger partial charge >= 0.3 is 5.97 Å². The van der Waals surface area contributed by atoms with Crippen molar-refractivity contribution in [2.75, 3.05) is 19.7 Å². The molecule has 7 nitrogen and oxygen atoms in total. The van der Waals surface area contributed by atoms with Crippen LogP contribution in [0.5, 0.6) is 5.75 Å². The molecule has 1 spiro atoms. The van der Waals surface area contributed by atoms with Crippen LogP contribution >= 0.6 is 0 Å². The molecule has 1 saturated heterocycles. The van der Waals surface area contributed by atoms with Crippen LogP contribution in [0, 0.1) is 5.41 Å². The Labute approximate surface area is 184 Å². The van der Waals surface area contributed by atoms with E-state index < -0.39 is 11.4 Å². The average molecular weight is 431 g/mol. The maximum absolute atomic E-state index is 13.3. The minimum atomic E-state index is -0.879. The van der Waals surface area contributed by atoms with Crippen molar-refractivity contribution in [2.45, 2.75) is 70.8 Å². The molecule has 2 amide bonds. The number of nitrogens with zero attached hydrogens (tertiary/aromatic N) is 1. The van der Waals surface area contributed by atoms with E-state index >= 15 is 0 Å². The molecule has 0 unspecified atom stereocenters. The average Bonchev–Trinajstić information content (AvgIpc) is 2.75. The first kappa shape index (κ1) is 23.1. The lowest BCUT2D eigenvalue weighted by atomic mass is 9.73. The Morgan fingerprint density at radius 1 is 1.16 bits per heavy atom. The summed E-state index contributed by atoms with van der Waals surface area (Å²) in [6.07, 6.45) is 5.59. The summed E-state index contributed by atoms with van der Waals surface area (Å²) < 4.78 is 5.99. The second-order valence-electron chi connectivity index (χ2n) is 8.91. The number of amides is 2. The number of ether oxygens (including phenoxy) is 1. The lowest BCUT2D eigenvalue weighted by Gasteiger charge is -2.41. The van der Waals surface area contributed by atoms with Gasteiger partial charge in [-0.1, -0.05) is 24.6 Å². The summed E-state index contributed by atoms with van der Waals surface area (Å²) in [6.45, 7) is 3.48. The van der Waals surface area contributed by atoms with Crippen LogP contribution in [0.2, 0.25) is 0 Å². The molecule has 2 heterocycles. The Morgan fingerprint density at radius 3 is 2.65 bits per heavy atom. The number of carboxylic acids is 1. The molecule has 1 aromatic carbocycles. The number of carbonyl (C=O) groups excluding carboxylic acids is 2. The predicted octanol–water partition coefficient (Wildman–Crippen LogP) is 3.16. The number of aliphatic carboxylic acids is 1. The highest BCUT2D eigenvalue weighted by atomic mass is 16.5. The van der Waals surface area contributed by atoms with E-state index in [-0.39, 0.29) is 30.7 Å². The van der Waals surface area contributed by atoms with E-state index in [4.69, 9.17) is 9.84 Å². The number of likely N-dealkylation sites (tertiary alicyclic amines) is 1. The van der Waals surface area contributed by atoms with Gasteiger partial charge in [0.2, 0.25) is 11.8 Å². The minimum Gasteiger partial charge on any atom is -0.491 e. The van der Waals surface area contributed by atoms with Crippen LogP contribution in [0.3, 0.4) is 0 Å². The van der Waals surface area contributed by atoms with E-state index in [1.54, 1.807) is 4.90 Å². The summed E-state index contributed by atoms with van der Waals surface area (Å²) in [4.78, 5) is 38.1. The number of piperidine rings is 1. The fraction of sp³-hybridized carbons (Fsp3) is 0.625. The van der Waals surface area contributed by atoms with Crippen LogP contribution in [0.15, 0.2) is 24.3 Å². The van der Waals surface area contributed by atoms with Crippen LogP contribution in [0.25, 0.3) is 0 Å². The van der Waals surface area contributed by atoms with Gasteiger partial charge in [0.1, 0.15) is 12.4 Å². The lowest BCUT2D eigenvalue weighted by Crippen LogP contribution is -2.52. The Kier molecular flexibility index (Phi) is 7.93. The number of carboxylic acid groups (broad SMARTS) is 1. The van der Waals surface area contributed by atoms with Gasteiger partial charge in [0.15, 0.2) is 0 Å². The zero-order valence-corrected chi connectivity index (χ0v) is 18.4. The molecular formula is C24H34N2O5. The maximum atomic E-state index is 13.3. The smallest absolute Gasteiger partial charge is 0.303 e. The lowest BCUT2D eigenvalue weighted by molar-refractivity contribution is -0.142. The normalized spacial score (nSPS) is 21.8. The van der Waals surface area contributed by atoms with Crippen LogP contribution in [0.1, 0.15) is 63.9 Å². The van der Waals surface area contributed by atoms with Crippen molar-refractivity contribution >= 4 is 17.8 Å². The van der Waals surface area contributed by atoms with Crippen LogP contribution in [0.4, 0.5) is 0 Å². The van der Waals surface area contributed by atoms with E-state index in [1.807, 2.05) is 25.1 Å². The molecule has 0 aromatic heterocycles. The summed E-state index contributed by atoms with van der Waals surface area (Å²) in [6, 6.07) is 7.99. The van der Waals surface area contributed by atoms with Crippen molar-refractivity contribution in [2.24, 2.45) is 5.41 Å². The van der Waals surface area contributed by atoms with Crippen LogP contribution in [-0.4, -0.2) is 53.5 Å². The highest BCUT2D eigenvalue weighted by Crippen LogP contribution is 2.38. The van der Waals surface area contributed by atoms with Gasteiger partial charge in [-0.2, -0.15) is 0 Å². The number of para-hydroxylation sites is 1. The second kappa shape index (κ2) is 10.6. The van der Waals surface area contributed by atoms with Gasteiger partial charge in [0.05, 0.1) is 11.5 Å².